The van der Waals surface area contributed by atoms with Crippen LogP contribution < -0.4 is 61.6 Å². The first kappa shape index (κ1) is 15.7. The van der Waals surface area contributed by atoms with E-state index in [1.807, 2.05) is 0 Å². The van der Waals surface area contributed by atoms with E-state index in [-0.39, 0.29) is 77.2 Å². The summed E-state index contributed by atoms with van der Waals surface area (Å²) in [7, 11) is 0. The van der Waals surface area contributed by atoms with Gasteiger partial charge in [-0.1, -0.05) is 0 Å². The number of rotatable bonds is 0. The molecule has 5 heteroatoms. The molecular weight excluding hydrogens is 278 g/mol. The molecule has 0 aliphatic rings. The van der Waals surface area contributed by atoms with Crippen LogP contribution in [0.5, 0.6) is 0 Å². The quantitative estimate of drug-likeness (QED) is 0.415. The number of carboxylic acid groups (broad SMARTS) is 2. The Bertz CT molecular complexity index is 33.8. The molecule has 0 radical (unpaired) electrons. The van der Waals surface area contributed by atoms with Gasteiger partial charge in [0, 0.05) is 0 Å². The van der Waals surface area contributed by atoms with E-state index in [9.17, 15) is 0 Å². The standard InChI is InChI=1S/CH2O3.Hf.K/c2-1(3)4;;/h(H2,2,3,4);;/q;+4;+1/p-2. The molecule has 0 aromatic heterocycles. The molecule has 0 heterocycles. The molecule has 3 nitrogen and oxygen atoms in total. The van der Waals surface area contributed by atoms with E-state index in [4.69, 9.17) is 15.0 Å². The molecule has 0 saturated carbocycles. The third-order valence-corrected chi connectivity index (χ3v) is 0. The molecule has 0 rings (SSSR count). The van der Waals surface area contributed by atoms with Crippen molar-refractivity contribution in [3.05, 3.63) is 0 Å². The molecule has 0 saturated heterocycles. The largest absolute Gasteiger partial charge is 4.00 e. The van der Waals surface area contributed by atoms with Crippen LogP contribution in [0.3, 0.4) is 0 Å². The monoisotopic (exact) mass is 279 g/mol. The first-order chi connectivity index (χ1) is 1.73. The average Bonchev–Trinajstić information content (AvgIpc) is 0.811. The second kappa shape index (κ2) is 9.91. The molecule has 6 heavy (non-hydrogen) atoms. The molecule has 0 atom stereocenters. The van der Waals surface area contributed by atoms with Crippen LogP contribution in [-0.2, 0) is 25.8 Å². The zero-order valence-electron chi connectivity index (χ0n) is 3.22. The van der Waals surface area contributed by atoms with Crippen molar-refractivity contribution in [3.8, 4) is 0 Å². The Kier molecular flexibility index (Phi) is 25.9. The third-order valence-electron chi connectivity index (χ3n) is 0. The maximum atomic E-state index is 8.33. The zero-order valence-corrected chi connectivity index (χ0v) is 9.94. The topological polar surface area (TPSA) is 63.2 Å². The molecule has 0 amide bonds. The van der Waals surface area contributed by atoms with Gasteiger partial charge in [0.25, 0.3) is 0 Å². The first-order valence-corrected chi connectivity index (χ1v) is 0.612. The fourth-order valence-corrected chi connectivity index (χ4v) is 0. The van der Waals surface area contributed by atoms with Gasteiger partial charge in [-0.15, -0.1) is 0 Å². The second-order valence-corrected chi connectivity index (χ2v) is 0.250. The molecule has 0 unspecified atom stereocenters. The van der Waals surface area contributed by atoms with E-state index < -0.39 is 6.16 Å². The maximum absolute atomic E-state index is 8.33. The van der Waals surface area contributed by atoms with E-state index in [1.165, 1.54) is 0 Å². The Labute approximate surface area is 96.3 Å². The van der Waals surface area contributed by atoms with Crippen LogP contribution in [0.2, 0.25) is 0 Å². The van der Waals surface area contributed by atoms with Gasteiger partial charge in [-0.3, -0.25) is 0 Å². The number of carbonyl (C=O) groups is 1. The van der Waals surface area contributed by atoms with Crippen molar-refractivity contribution < 1.29 is 92.2 Å². The van der Waals surface area contributed by atoms with Crippen molar-refractivity contribution in [2.24, 2.45) is 0 Å². The Morgan fingerprint density at radius 1 is 1.33 bits per heavy atom. The van der Waals surface area contributed by atoms with Crippen molar-refractivity contribution in [1.82, 2.24) is 0 Å². The van der Waals surface area contributed by atoms with Crippen LogP contribution in [0.1, 0.15) is 0 Å². The van der Waals surface area contributed by atoms with Gasteiger partial charge in [0.05, 0.1) is 0 Å². The zero-order chi connectivity index (χ0) is 3.58. The Morgan fingerprint density at radius 3 is 1.33 bits per heavy atom. The van der Waals surface area contributed by atoms with Crippen LogP contribution in [0.25, 0.3) is 0 Å². The minimum absolute atomic E-state index is 0. The second-order valence-electron chi connectivity index (χ2n) is 0.250. The van der Waals surface area contributed by atoms with Gasteiger partial charge in [-0.05, 0) is 6.16 Å². The molecule has 0 aromatic carbocycles. The smallest absolute Gasteiger partial charge is 0.652 e. The summed E-state index contributed by atoms with van der Waals surface area (Å²) in [6.45, 7) is 0. The van der Waals surface area contributed by atoms with Gasteiger partial charge >= 0.3 is 77.2 Å². The summed E-state index contributed by atoms with van der Waals surface area (Å²) in [6.07, 6.45) is -2.33. The minimum Gasteiger partial charge on any atom is -0.652 e. The van der Waals surface area contributed by atoms with Crippen LogP contribution in [0.15, 0.2) is 0 Å². The van der Waals surface area contributed by atoms with Crippen molar-refractivity contribution in [1.29, 1.82) is 0 Å². The van der Waals surface area contributed by atoms with Gasteiger partial charge in [0.1, 0.15) is 0 Å². The van der Waals surface area contributed by atoms with Gasteiger partial charge in [0.2, 0.25) is 0 Å². The van der Waals surface area contributed by atoms with Crippen LogP contribution in [0.4, 0.5) is 4.79 Å². The predicted molar refractivity (Wildman–Crippen MR) is 5.40 cm³/mol. The SMILES string of the molecule is O=C([O-])[O-].[Hf+4].[K+]. The van der Waals surface area contributed by atoms with Gasteiger partial charge < -0.3 is 15.0 Å². The minimum atomic E-state index is -2.33. The molecule has 0 fully saturated rings. The normalized spacial score (nSPS) is 4.00. The van der Waals surface area contributed by atoms with Crippen molar-refractivity contribution >= 4 is 6.16 Å². The molecule has 0 spiro atoms. The number of hydrogen-bond acceptors (Lipinski definition) is 3. The van der Waals surface area contributed by atoms with E-state index in [0.717, 1.165) is 0 Å². The Hall–Kier alpha value is 1.78. The summed E-state index contributed by atoms with van der Waals surface area (Å²) in [5, 5.41) is 16.7. The van der Waals surface area contributed by atoms with Crippen LogP contribution >= 0.6 is 0 Å². The molecule has 0 bridgehead atoms. The fraction of sp³-hybridized carbons (Fsp3) is 0. The van der Waals surface area contributed by atoms with Gasteiger partial charge in [-0.25, -0.2) is 0 Å². The molecule has 0 aromatic rings. The summed E-state index contributed by atoms with van der Waals surface area (Å²) < 4.78 is 0. The average molecular weight is 278 g/mol. The van der Waals surface area contributed by atoms with E-state index in [0.29, 0.717) is 0 Å². The maximum Gasteiger partial charge on any atom is 4.00 e. The molecule has 0 aliphatic heterocycles. The fourth-order valence-electron chi connectivity index (χ4n) is 0. The van der Waals surface area contributed by atoms with Gasteiger partial charge in [0.15, 0.2) is 0 Å². The summed E-state index contributed by atoms with van der Waals surface area (Å²) in [6, 6.07) is 0. The van der Waals surface area contributed by atoms with Crippen molar-refractivity contribution in [2.75, 3.05) is 0 Å². The first-order valence-electron chi connectivity index (χ1n) is 0.612. The van der Waals surface area contributed by atoms with Gasteiger partial charge in [-0.2, -0.15) is 0 Å². The Balaban J connectivity index is -0.0000000450. The summed E-state index contributed by atoms with van der Waals surface area (Å²) in [5.74, 6) is 0. The van der Waals surface area contributed by atoms with E-state index in [2.05, 4.69) is 0 Å². The molecule has 24 valence electrons. The molecule has 0 N–H and O–H groups in total. The van der Waals surface area contributed by atoms with Crippen LogP contribution in [0, 0.1) is 0 Å². The van der Waals surface area contributed by atoms with Crippen LogP contribution in [-0.4, -0.2) is 6.16 Å². The summed E-state index contributed by atoms with van der Waals surface area (Å²) in [5.41, 5.74) is 0. The van der Waals surface area contributed by atoms with E-state index in [1.54, 1.807) is 0 Å². The summed E-state index contributed by atoms with van der Waals surface area (Å²) >= 11 is 0. The molecule has 0 aliphatic carbocycles. The third kappa shape index (κ3) is 41.8. The van der Waals surface area contributed by atoms with E-state index >= 15 is 0 Å². The Morgan fingerprint density at radius 2 is 1.33 bits per heavy atom. The van der Waals surface area contributed by atoms with Crippen molar-refractivity contribution in [3.63, 3.8) is 0 Å². The molecular formula is CHfKO3+3. The summed E-state index contributed by atoms with van der Waals surface area (Å²) in [4.78, 5) is 8.33. The number of carbonyl (C=O) groups excluding carboxylic acids is 1. The van der Waals surface area contributed by atoms with Crippen molar-refractivity contribution in [2.45, 2.75) is 0 Å². The number of hydrogen-bond donors (Lipinski definition) is 0. The predicted octanol–water partition coefficient (Wildman–Crippen LogP) is -5.45.